The normalized spacial score (nSPS) is 33.7. The van der Waals surface area contributed by atoms with E-state index in [0.717, 1.165) is 0 Å². The third-order valence-corrected chi connectivity index (χ3v) is 7.86. The first kappa shape index (κ1) is 23.7. The lowest BCUT2D eigenvalue weighted by atomic mass is 9.87. The molecule has 7 nitrogen and oxygen atoms in total. The fraction of sp³-hybridized carbons (Fsp3) is 0.727. The molecule has 5 unspecified atom stereocenters. The van der Waals surface area contributed by atoms with Crippen LogP contribution in [0, 0.1) is 11.8 Å². The Morgan fingerprint density at radius 3 is 2.50 bits per heavy atom. The first-order valence-electron chi connectivity index (χ1n) is 11.5. The summed E-state index contributed by atoms with van der Waals surface area (Å²) in [6.07, 6.45) is -2.96. The molecule has 5 atom stereocenters. The number of nitrogens with two attached hydrogens (primary N) is 1. The maximum atomic E-state index is 15.8. The van der Waals surface area contributed by atoms with Crippen LogP contribution < -0.4 is 17.0 Å². The number of hydrogen-bond donors (Lipinski definition) is 2. The summed E-state index contributed by atoms with van der Waals surface area (Å²) in [5, 5.41) is 0. The van der Waals surface area contributed by atoms with Crippen LogP contribution in [0.5, 0.6) is 0 Å². The standard InChI is InChI=1S/C22H27F5N4O3/c1-34-17-15-13(20(32)29-21(33)31(15)10-4-5-10)12(19(24)25)14(23)16(17)30-7-9-3-2-6-22(26,27)18(28)11(9)8-30/h9-11,16-19H,2-8,28H2,1H3,(H,29,32,33). The molecule has 34 heavy (non-hydrogen) atoms. The minimum Gasteiger partial charge on any atom is -0.373 e. The third kappa shape index (κ3) is 3.56. The number of aromatic amines is 1. The van der Waals surface area contributed by atoms with Gasteiger partial charge in [0.2, 0.25) is 0 Å². The predicted octanol–water partition coefficient (Wildman–Crippen LogP) is 2.58. The van der Waals surface area contributed by atoms with Crippen molar-refractivity contribution < 1.29 is 26.7 Å². The molecule has 3 N–H and O–H groups in total. The summed E-state index contributed by atoms with van der Waals surface area (Å²) in [5.74, 6) is -5.21. The minimum absolute atomic E-state index is 0.0257. The van der Waals surface area contributed by atoms with Crippen LogP contribution in [0.25, 0.3) is 5.57 Å². The smallest absolute Gasteiger partial charge is 0.328 e. The number of H-pyrrole nitrogens is 1. The molecule has 2 heterocycles. The number of halogens is 5. The van der Waals surface area contributed by atoms with Crippen LogP contribution in [-0.2, 0) is 4.74 Å². The lowest BCUT2D eigenvalue weighted by Crippen LogP contribution is -2.50. The number of nitrogens with one attached hydrogen (secondary N) is 1. The SMILES string of the molecule is COC1c2c(c(=O)[nH]c(=O)n2C2CC2)C(C(F)F)=C(F)C1N1CC2CCCC(F)(F)C(N)C2C1. The van der Waals surface area contributed by atoms with Gasteiger partial charge in [-0.05, 0) is 37.5 Å². The molecule has 0 amide bonds. The summed E-state index contributed by atoms with van der Waals surface area (Å²) in [4.78, 5) is 28.8. The summed E-state index contributed by atoms with van der Waals surface area (Å²) in [6.45, 7) is 0.150. The van der Waals surface area contributed by atoms with Crippen molar-refractivity contribution in [2.24, 2.45) is 17.6 Å². The van der Waals surface area contributed by atoms with Crippen LogP contribution in [0.3, 0.4) is 0 Å². The zero-order valence-electron chi connectivity index (χ0n) is 18.6. The molecular weight excluding hydrogens is 463 g/mol. The first-order chi connectivity index (χ1) is 16.1. The Balaban J connectivity index is 1.64. The highest BCUT2D eigenvalue weighted by Crippen LogP contribution is 2.49. The highest BCUT2D eigenvalue weighted by Gasteiger charge is 2.54. The molecule has 1 aromatic rings. The molecule has 0 spiro atoms. The molecule has 188 valence electrons. The van der Waals surface area contributed by atoms with Gasteiger partial charge in [-0.25, -0.2) is 26.7 Å². The second-order valence-corrected chi connectivity index (χ2v) is 9.84. The maximum Gasteiger partial charge on any atom is 0.328 e. The highest BCUT2D eigenvalue weighted by atomic mass is 19.3. The lowest BCUT2D eigenvalue weighted by Gasteiger charge is -2.39. The van der Waals surface area contributed by atoms with E-state index in [9.17, 15) is 27.2 Å². The number of allylic oxidation sites excluding steroid dienone is 1. The molecule has 5 rings (SSSR count). The van der Waals surface area contributed by atoms with E-state index in [1.807, 2.05) is 4.98 Å². The van der Waals surface area contributed by atoms with E-state index in [2.05, 4.69) is 0 Å². The molecule has 0 radical (unpaired) electrons. The average molecular weight is 490 g/mol. The van der Waals surface area contributed by atoms with Crippen molar-refractivity contribution in [1.82, 2.24) is 14.5 Å². The number of methoxy groups -OCH3 is 1. The van der Waals surface area contributed by atoms with Crippen LogP contribution in [0.15, 0.2) is 15.4 Å². The quantitative estimate of drug-likeness (QED) is 0.633. The highest BCUT2D eigenvalue weighted by molar-refractivity contribution is 5.74. The molecule has 3 fully saturated rings. The Hall–Kier alpha value is -2.05. The van der Waals surface area contributed by atoms with Crippen molar-refractivity contribution in [1.29, 1.82) is 0 Å². The molecule has 1 aliphatic heterocycles. The zero-order valence-corrected chi connectivity index (χ0v) is 18.6. The Labute approximate surface area is 191 Å². The van der Waals surface area contributed by atoms with Gasteiger partial charge in [-0.1, -0.05) is 0 Å². The molecular formula is C22H27F5N4O3. The lowest BCUT2D eigenvalue weighted by molar-refractivity contribution is -0.0470. The fourth-order valence-electron chi connectivity index (χ4n) is 6.12. The van der Waals surface area contributed by atoms with Gasteiger partial charge in [0.1, 0.15) is 11.9 Å². The average Bonchev–Trinajstić information content (AvgIpc) is 3.52. The van der Waals surface area contributed by atoms with Crippen LogP contribution in [0.1, 0.15) is 55.5 Å². The largest absolute Gasteiger partial charge is 0.373 e. The summed E-state index contributed by atoms with van der Waals surface area (Å²) in [5.41, 5.74) is 2.32. The molecule has 1 aromatic heterocycles. The van der Waals surface area contributed by atoms with E-state index in [4.69, 9.17) is 10.5 Å². The molecule has 0 bridgehead atoms. The molecule has 0 aromatic carbocycles. The Bertz CT molecular complexity index is 1130. The van der Waals surface area contributed by atoms with Gasteiger partial charge in [-0.2, -0.15) is 0 Å². The van der Waals surface area contributed by atoms with Crippen LogP contribution >= 0.6 is 0 Å². The van der Waals surface area contributed by atoms with Gasteiger partial charge in [0.15, 0.2) is 0 Å². The van der Waals surface area contributed by atoms with Gasteiger partial charge in [-0.3, -0.25) is 19.2 Å². The van der Waals surface area contributed by atoms with Crippen molar-refractivity contribution in [3.63, 3.8) is 0 Å². The van der Waals surface area contributed by atoms with Gasteiger partial charge in [0, 0.05) is 32.7 Å². The summed E-state index contributed by atoms with van der Waals surface area (Å²) < 4.78 is 79.9. The molecule has 3 aliphatic carbocycles. The summed E-state index contributed by atoms with van der Waals surface area (Å²) in [7, 11) is 1.25. The zero-order chi connectivity index (χ0) is 24.5. The van der Waals surface area contributed by atoms with E-state index in [0.29, 0.717) is 19.3 Å². The predicted molar refractivity (Wildman–Crippen MR) is 112 cm³/mol. The van der Waals surface area contributed by atoms with Gasteiger partial charge in [0.05, 0.1) is 28.9 Å². The van der Waals surface area contributed by atoms with Crippen LogP contribution in [-0.4, -0.2) is 59.1 Å². The number of nitrogens with zero attached hydrogens (tertiary/aromatic N) is 2. The second kappa shape index (κ2) is 8.27. The first-order valence-corrected chi connectivity index (χ1v) is 11.5. The summed E-state index contributed by atoms with van der Waals surface area (Å²) in [6, 6.07) is -3.13. The topological polar surface area (TPSA) is 93.3 Å². The number of alkyl halides is 4. The van der Waals surface area contributed by atoms with Gasteiger partial charge < -0.3 is 10.5 Å². The molecule has 2 saturated carbocycles. The van der Waals surface area contributed by atoms with E-state index in [-0.39, 0.29) is 43.6 Å². The Morgan fingerprint density at radius 2 is 1.88 bits per heavy atom. The van der Waals surface area contributed by atoms with Crippen molar-refractivity contribution in [3.05, 3.63) is 37.9 Å². The van der Waals surface area contributed by atoms with E-state index >= 15 is 4.39 Å². The van der Waals surface area contributed by atoms with Gasteiger partial charge in [0.25, 0.3) is 17.9 Å². The fourth-order valence-corrected chi connectivity index (χ4v) is 6.12. The molecule has 12 heteroatoms. The number of hydrogen-bond acceptors (Lipinski definition) is 5. The van der Waals surface area contributed by atoms with Crippen molar-refractivity contribution in [3.8, 4) is 0 Å². The Kier molecular flexibility index (Phi) is 5.76. The van der Waals surface area contributed by atoms with Gasteiger partial charge in [-0.15, -0.1) is 0 Å². The molecule has 4 aliphatic rings. The number of likely N-dealkylation sites (tertiary alicyclic amines) is 1. The Morgan fingerprint density at radius 1 is 1.18 bits per heavy atom. The number of rotatable bonds is 4. The third-order valence-electron chi connectivity index (χ3n) is 7.86. The van der Waals surface area contributed by atoms with Crippen molar-refractivity contribution in [2.75, 3.05) is 20.2 Å². The number of ether oxygens (including phenoxy) is 1. The number of aromatic nitrogens is 2. The van der Waals surface area contributed by atoms with E-state index < -0.39 is 64.7 Å². The van der Waals surface area contributed by atoms with Crippen molar-refractivity contribution in [2.45, 2.75) is 68.7 Å². The number of fused-ring (bicyclic) bond motifs is 2. The molecule has 1 saturated heterocycles. The van der Waals surface area contributed by atoms with Crippen LogP contribution in [0.4, 0.5) is 22.0 Å². The maximum absolute atomic E-state index is 15.8. The minimum atomic E-state index is -3.33. The summed E-state index contributed by atoms with van der Waals surface area (Å²) >= 11 is 0. The monoisotopic (exact) mass is 490 g/mol. The van der Waals surface area contributed by atoms with Crippen molar-refractivity contribution >= 4 is 5.57 Å². The van der Waals surface area contributed by atoms with E-state index in [1.54, 1.807) is 0 Å². The van der Waals surface area contributed by atoms with Gasteiger partial charge >= 0.3 is 5.69 Å². The van der Waals surface area contributed by atoms with Crippen LogP contribution in [0.2, 0.25) is 0 Å². The van der Waals surface area contributed by atoms with E-state index in [1.165, 1.54) is 16.6 Å². The second-order valence-electron chi connectivity index (χ2n) is 9.84.